The molecule has 0 saturated carbocycles. The van der Waals surface area contributed by atoms with Crippen molar-refractivity contribution >= 4 is 5.69 Å². The molecule has 0 aliphatic heterocycles. The van der Waals surface area contributed by atoms with Crippen molar-refractivity contribution in [1.29, 1.82) is 0 Å². The van der Waals surface area contributed by atoms with Gasteiger partial charge in [0.1, 0.15) is 0 Å². The number of methoxy groups -OCH3 is 1. The summed E-state index contributed by atoms with van der Waals surface area (Å²) in [6.45, 7) is 7.89. The molecule has 0 aliphatic carbocycles. The molecule has 1 aromatic heterocycles. The summed E-state index contributed by atoms with van der Waals surface area (Å²) in [7, 11) is 1.73. The van der Waals surface area contributed by atoms with Gasteiger partial charge in [-0.2, -0.15) is 0 Å². The van der Waals surface area contributed by atoms with Gasteiger partial charge < -0.3 is 10.1 Å². The fourth-order valence-corrected chi connectivity index (χ4v) is 1.50. The maximum absolute atomic E-state index is 5.09. The van der Waals surface area contributed by atoms with Crippen molar-refractivity contribution in [3.05, 3.63) is 23.5 Å². The predicted molar refractivity (Wildman–Crippen MR) is 63.2 cm³/mol. The standard InChI is InChI=1S/C12H20N2O/c1-9(8-15-4)7-13-12-6-5-10(2)14-11(12)3/h5-6,9,13H,7-8H2,1-4H3/t9-/m0/s1. The van der Waals surface area contributed by atoms with Gasteiger partial charge in [-0.3, -0.25) is 4.98 Å². The minimum absolute atomic E-state index is 0.510. The van der Waals surface area contributed by atoms with Crippen LogP contribution in [0.15, 0.2) is 12.1 Å². The van der Waals surface area contributed by atoms with Crippen molar-refractivity contribution in [2.45, 2.75) is 20.8 Å². The van der Waals surface area contributed by atoms with E-state index in [0.717, 1.165) is 30.2 Å². The number of rotatable bonds is 5. The molecule has 0 saturated heterocycles. The second-order valence-corrected chi connectivity index (χ2v) is 4.03. The van der Waals surface area contributed by atoms with Gasteiger partial charge in [0.2, 0.25) is 0 Å². The molecule has 0 bridgehead atoms. The molecule has 1 atom stereocenters. The lowest BCUT2D eigenvalue weighted by molar-refractivity contribution is 0.164. The first-order valence-corrected chi connectivity index (χ1v) is 5.30. The highest BCUT2D eigenvalue weighted by atomic mass is 16.5. The molecule has 0 aliphatic rings. The Morgan fingerprint density at radius 1 is 1.40 bits per heavy atom. The molecule has 1 aromatic rings. The zero-order chi connectivity index (χ0) is 11.3. The van der Waals surface area contributed by atoms with Crippen LogP contribution in [0.1, 0.15) is 18.3 Å². The highest BCUT2D eigenvalue weighted by Gasteiger charge is 2.03. The molecule has 1 heterocycles. The number of pyridine rings is 1. The summed E-state index contributed by atoms with van der Waals surface area (Å²) in [6, 6.07) is 4.10. The highest BCUT2D eigenvalue weighted by molar-refractivity contribution is 5.47. The Labute approximate surface area is 91.9 Å². The molecule has 3 heteroatoms. The SMILES string of the molecule is COC[C@@H](C)CNc1ccc(C)nc1C. The minimum Gasteiger partial charge on any atom is -0.384 e. The molecule has 84 valence electrons. The fourth-order valence-electron chi connectivity index (χ4n) is 1.50. The first-order valence-electron chi connectivity index (χ1n) is 5.30. The van der Waals surface area contributed by atoms with Crippen molar-refractivity contribution in [3.63, 3.8) is 0 Å². The third kappa shape index (κ3) is 3.88. The number of aromatic nitrogens is 1. The maximum atomic E-state index is 5.09. The second-order valence-electron chi connectivity index (χ2n) is 4.03. The number of hydrogen-bond acceptors (Lipinski definition) is 3. The number of nitrogens with one attached hydrogen (secondary N) is 1. The Kier molecular flexibility index (Phi) is 4.56. The van der Waals surface area contributed by atoms with Gasteiger partial charge in [0.05, 0.1) is 18.0 Å². The van der Waals surface area contributed by atoms with Crippen molar-refractivity contribution in [3.8, 4) is 0 Å². The van der Waals surface area contributed by atoms with Crippen LogP contribution in [-0.2, 0) is 4.74 Å². The lowest BCUT2D eigenvalue weighted by Gasteiger charge is -2.14. The lowest BCUT2D eigenvalue weighted by Crippen LogP contribution is -2.16. The number of hydrogen-bond donors (Lipinski definition) is 1. The number of nitrogens with zero attached hydrogens (tertiary/aromatic N) is 1. The molecule has 0 amide bonds. The van der Waals surface area contributed by atoms with E-state index in [1.165, 1.54) is 0 Å². The first-order chi connectivity index (χ1) is 7.13. The van der Waals surface area contributed by atoms with Crippen LogP contribution in [-0.4, -0.2) is 25.2 Å². The normalized spacial score (nSPS) is 12.5. The van der Waals surface area contributed by atoms with E-state index in [-0.39, 0.29) is 0 Å². The highest BCUT2D eigenvalue weighted by Crippen LogP contribution is 2.13. The first kappa shape index (κ1) is 12.0. The van der Waals surface area contributed by atoms with E-state index >= 15 is 0 Å². The molecular weight excluding hydrogens is 188 g/mol. The Morgan fingerprint density at radius 2 is 2.13 bits per heavy atom. The van der Waals surface area contributed by atoms with Gasteiger partial charge in [-0.15, -0.1) is 0 Å². The van der Waals surface area contributed by atoms with Crippen LogP contribution in [0.2, 0.25) is 0 Å². The molecule has 0 fully saturated rings. The van der Waals surface area contributed by atoms with E-state index in [2.05, 4.69) is 23.3 Å². The van der Waals surface area contributed by atoms with Gasteiger partial charge >= 0.3 is 0 Å². The van der Waals surface area contributed by atoms with Gasteiger partial charge in [0, 0.05) is 19.3 Å². The molecule has 0 unspecified atom stereocenters. The van der Waals surface area contributed by atoms with Crippen LogP contribution in [0, 0.1) is 19.8 Å². The maximum Gasteiger partial charge on any atom is 0.0606 e. The molecule has 1 rings (SSSR count). The predicted octanol–water partition coefficient (Wildman–Crippen LogP) is 2.39. The van der Waals surface area contributed by atoms with E-state index in [1.54, 1.807) is 7.11 Å². The van der Waals surface area contributed by atoms with E-state index in [9.17, 15) is 0 Å². The third-order valence-electron chi connectivity index (χ3n) is 2.32. The van der Waals surface area contributed by atoms with Crippen molar-refractivity contribution in [2.75, 3.05) is 25.6 Å². The summed E-state index contributed by atoms with van der Waals surface area (Å²) in [4.78, 5) is 4.40. The summed E-state index contributed by atoms with van der Waals surface area (Å²) >= 11 is 0. The molecule has 3 nitrogen and oxygen atoms in total. The molecule has 15 heavy (non-hydrogen) atoms. The van der Waals surface area contributed by atoms with Crippen LogP contribution >= 0.6 is 0 Å². The topological polar surface area (TPSA) is 34.1 Å². The summed E-state index contributed by atoms with van der Waals surface area (Å²) in [5, 5.41) is 3.38. The van der Waals surface area contributed by atoms with Gasteiger partial charge in [-0.1, -0.05) is 6.92 Å². The number of aryl methyl sites for hydroxylation is 2. The summed E-state index contributed by atoms with van der Waals surface area (Å²) in [5.41, 5.74) is 3.23. The van der Waals surface area contributed by atoms with Crippen LogP contribution < -0.4 is 5.32 Å². The molecule has 0 radical (unpaired) electrons. The summed E-state index contributed by atoms with van der Waals surface area (Å²) in [6.07, 6.45) is 0. The summed E-state index contributed by atoms with van der Waals surface area (Å²) < 4.78 is 5.09. The Bertz CT molecular complexity index is 312. The average Bonchev–Trinajstić information content (AvgIpc) is 2.17. The van der Waals surface area contributed by atoms with Crippen LogP contribution in [0.5, 0.6) is 0 Å². The number of ether oxygens (including phenoxy) is 1. The zero-order valence-electron chi connectivity index (χ0n) is 10.0. The van der Waals surface area contributed by atoms with Gasteiger partial charge in [-0.25, -0.2) is 0 Å². The van der Waals surface area contributed by atoms with Gasteiger partial charge in [-0.05, 0) is 31.9 Å². The van der Waals surface area contributed by atoms with Crippen LogP contribution in [0.25, 0.3) is 0 Å². The van der Waals surface area contributed by atoms with Crippen molar-refractivity contribution in [1.82, 2.24) is 4.98 Å². The third-order valence-corrected chi connectivity index (χ3v) is 2.32. The van der Waals surface area contributed by atoms with Crippen LogP contribution in [0.4, 0.5) is 5.69 Å². The Balaban J connectivity index is 2.50. The average molecular weight is 208 g/mol. The van der Waals surface area contributed by atoms with Crippen LogP contribution in [0.3, 0.4) is 0 Å². The lowest BCUT2D eigenvalue weighted by atomic mass is 10.2. The summed E-state index contributed by atoms with van der Waals surface area (Å²) in [5.74, 6) is 0.510. The Morgan fingerprint density at radius 3 is 2.73 bits per heavy atom. The second kappa shape index (κ2) is 5.71. The van der Waals surface area contributed by atoms with Gasteiger partial charge in [0.25, 0.3) is 0 Å². The fraction of sp³-hybridized carbons (Fsp3) is 0.583. The zero-order valence-corrected chi connectivity index (χ0v) is 10.0. The molecule has 0 aromatic carbocycles. The molecular formula is C12H20N2O. The van der Waals surface area contributed by atoms with E-state index in [0.29, 0.717) is 5.92 Å². The van der Waals surface area contributed by atoms with Crippen molar-refractivity contribution < 1.29 is 4.74 Å². The van der Waals surface area contributed by atoms with Gasteiger partial charge in [0.15, 0.2) is 0 Å². The Hall–Kier alpha value is -1.09. The van der Waals surface area contributed by atoms with E-state index < -0.39 is 0 Å². The molecule has 0 spiro atoms. The largest absolute Gasteiger partial charge is 0.384 e. The number of anilines is 1. The molecule has 1 N–H and O–H groups in total. The van der Waals surface area contributed by atoms with E-state index in [1.807, 2.05) is 19.9 Å². The smallest absolute Gasteiger partial charge is 0.0606 e. The van der Waals surface area contributed by atoms with E-state index in [4.69, 9.17) is 4.74 Å². The van der Waals surface area contributed by atoms with Crippen molar-refractivity contribution in [2.24, 2.45) is 5.92 Å². The minimum atomic E-state index is 0.510. The monoisotopic (exact) mass is 208 g/mol. The quantitative estimate of drug-likeness (QED) is 0.806.